The van der Waals surface area contributed by atoms with Crippen molar-refractivity contribution in [2.24, 2.45) is 0 Å². The molecule has 5 nitrogen and oxygen atoms in total. The molecule has 2 aromatic carbocycles. The van der Waals surface area contributed by atoms with E-state index >= 15 is 0 Å². The molecule has 0 aliphatic carbocycles. The number of fused-ring (bicyclic) bond motifs is 1. The second kappa shape index (κ2) is 7.13. The number of para-hydroxylation sites is 2. The summed E-state index contributed by atoms with van der Waals surface area (Å²) in [6, 6.07) is 13.8. The normalized spacial score (nSPS) is 16.1. The van der Waals surface area contributed by atoms with Gasteiger partial charge in [-0.3, -0.25) is 4.79 Å². The van der Waals surface area contributed by atoms with Gasteiger partial charge in [0.1, 0.15) is 11.5 Å². The van der Waals surface area contributed by atoms with Crippen LogP contribution in [0.5, 0.6) is 11.5 Å². The minimum absolute atomic E-state index is 0.120. The van der Waals surface area contributed by atoms with E-state index in [1.165, 1.54) is 0 Å². The van der Waals surface area contributed by atoms with E-state index in [9.17, 15) is 4.79 Å². The third-order valence-corrected chi connectivity index (χ3v) is 4.61. The summed E-state index contributed by atoms with van der Waals surface area (Å²) in [5.41, 5.74) is 2.11. The second-order valence-electron chi connectivity index (χ2n) is 5.54. The number of amides is 1. The van der Waals surface area contributed by atoms with Gasteiger partial charge in [-0.05, 0) is 45.8 Å². The minimum Gasteiger partial charge on any atom is -0.496 e. The molecule has 126 valence electrons. The summed E-state index contributed by atoms with van der Waals surface area (Å²) in [5.74, 6) is 1.40. The van der Waals surface area contributed by atoms with Crippen LogP contribution in [0.1, 0.15) is 5.56 Å². The fourth-order valence-electron chi connectivity index (χ4n) is 2.78. The van der Waals surface area contributed by atoms with Crippen LogP contribution in [0.4, 0.5) is 5.69 Å². The third kappa shape index (κ3) is 3.33. The molecule has 0 spiro atoms. The molecule has 0 saturated carbocycles. The van der Waals surface area contributed by atoms with Gasteiger partial charge in [0.15, 0.2) is 6.10 Å². The Morgan fingerprint density at radius 1 is 1.38 bits per heavy atom. The molecule has 0 aromatic heterocycles. The highest BCUT2D eigenvalue weighted by Crippen LogP contribution is 2.35. The van der Waals surface area contributed by atoms with E-state index in [0.29, 0.717) is 13.1 Å². The zero-order valence-corrected chi connectivity index (χ0v) is 15.2. The Morgan fingerprint density at radius 3 is 2.88 bits per heavy atom. The van der Waals surface area contributed by atoms with Crippen molar-refractivity contribution in [3.05, 3.63) is 52.5 Å². The molecule has 0 bridgehead atoms. The van der Waals surface area contributed by atoms with Crippen molar-refractivity contribution in [2.45, 2.75) is 12.6 Å². The molecular formula is C18H19BrN2O3. The van der Waals surface area contributed by atoms with E-state index in [-0.39, 0.29) is 5.91 Å². The van der Waals surface area contributed by atoms with Gasteiger partial charge in [0.25, 0.3) is 5.91 Å². The first-order valence-corrected chi connectivity index (χ1v) is 8.46. The van der Waals surface area contributed by atoms with Crippen LogP contribution in [0, 0.1) is 0 Å². The molecule has 2 aromatic rings. The quantitative estimate of drug-likeness (QED) is 0.871. The van der Waals surface area contributed by atoms with Gasteiger partial charge in [0.2, 0.25) is 0 Å². The van der Waals surface area contributed by atoms with Crippen LogP contribution in [-0.2, 0) is 11.3 Å². The minimum atomic E-state index is -0.522. The van der Waals surface area contributed by atoms with Gasteiger partial charge >= 0.3 is 0 Å². The fourth-order valence-corrected chi connectivity index (χ4v) is 3.37. The van der Waals surface area contributed by atoms with Crippen molar-refractivity contribution in [1.29, 1.82) is 0 Å². The molecule has 3 rings (SSSR count). The number of halogens is 1. The molecule has 1 heterocycles. The van der Waals surface area contributed by atoms with Crippen LogP contribution in [-0.4, -0.2) is 32.7 Å². The maximum Gasteiger partial charge on any atom is 0.262 e. The molecule has 0 unspecified atom stereocenters. The number of carbonyl (C=O) groups is 1. The van der Waals surface area contributed by atoms with E-state index in [2.05, 4.69) is 26.1 Å². The molecule has 1 aliphatic heterocycles. The maximum atomic E-state index is 12.0. The number of ether oxygens (including phenoxy) is 2. The fraction of sp³-hybridized carbons (Fsp3) is 0.278. The average Bonchev–Trinajstić information content (AvgIpc) is 2.61. The summed E-state index contributed by atoms with van der Waals surface area (Å²) in [6.45, 7) is 1.18. The Kier molecular flexibility index (Phi) is 4.94. The first-order chi connectivity index (χ1) is 11.6. The standard InChI is InChI=1S/C18H19BrN2O3/c1-20-18(22)17-11-21(14-5-3-4-6-16(14)24-17)10-12-7-8-15(23-2)13(19)9-12/h3-9,17H,10-11H2,1-2H3,(H,20,22)/t17-/m1/s1. The van der Waals surface area contributed by atoms with Crippen LogP contribution in [0.25, 0.3) is 0 Å². The summed E-state index contributed by atoms with van der Waals surface area (Å²) in [7, 11) is 3.27. The molecule has 1 N–H and O–H groups in total. The predicted molar refractivity (Wildman–Crippen MR) is 96.7 cm³/mol. The van der Waals surface area contributed by atoms with E-state index in [1.807, 2.05) is 42.5 Å². The first-order valence-electron chi connectivity index (χ1n) is 7.67. The number of rotatable bonds is 4. The lowest BCUT2D eigenvalue weighted by atomic mass is 10.1. The molecule has 0 radical (unpaired) electrons. The number of methoxy groups -OCH3 is 1. The van der Waals surface area contributed by atoms with Crippen molar-refractivity contribution in [2.75, 3.05) is 25.6 Å². The first kappa shape index (κ1) is 16.6. The molecule has 24 heavy (non-hydrogen) atoms. The maximum absolute atomic E-state index is 12.0. The number of anilines is 1. The lowest BCUT2D eigenvalue weighted by molar-refractivity contribution is -0.127. The second-order valence-corrected chi connectivity index (χ2v) is 6.39. The highest BCUT2D eigenvalue weighted by molar-refractivity contribution is 9.10. The number of hydrogen-bond donors (Lipinski definition) is 1. The Morgan fingerprint density at radius 2 is 2.17 bits per heavy atom. The Balaban J connectivity index is 1.88. The van der Waals surface area contributed by atoms with Crippen molar-refractivity contribution in [3.8, 4) is 11.5 Å². The summed E-state index contributed by atoms with van der Waals surface area (Å²) < 4.78 is 12.0. The monoisotopic (exact) mass is 390 g/mol. The Hall–Kier alpha value is -2.21. The number of nitrogens with zero attached hydrogens (tertiary/aromatic N) is 1. The van der Waals surface area contributed by atoms with Gasteiger partial charge in [-0.2, -0.15) is 0 Å². The highest BCUT2D eigenvalue weighted by Gasteiger charge is 2.30. The average molecular weight is 391 g/mol. The molecule has 1 aliphatic rings. The van der Waals surface area contributed by atoms with E-state index in [0.717, 1.165) is 27.2 Å². The molecule has 0 fully saturated rings. The molecule has 0 saturated heterocycles. The van der Waals surface area contributed by atoms with Crippen molar-refractivity contribution < 1.29 is 14.3 Å². The van der Waals surface area contributed by atoms with Gasteiger partial charge in [-0.15, -0.1) is 0 Å². The van der Waals surface area contributed by atoms with E-state index < -0.39 is 6.10 Å². The zero-order chi connectivity index (χ0) is 17.1. The van der Waals surface area contributed by atoms with Gasteiger partial charge < -0.3 is 19.7 Å². The molecule has 1 atom stereocenters. The molecule has 1 amide bonds. The number of benzene rings is 2. The van der Waals surface area contributed by atoms with E-state index in [1.54, 1.807) is 14.2 Å². The highest BCUT2D eigenvalue weighted by atomic mass is 79.9. The van der Waals surface area contributed by atoms with Crippen molar-refractivity contribution >= 4 is 27.5 Å². The van der Waals surface area contributed by atoms with E-state index in [4.69, 9.17) is 9.47 Å². The topological polar surface area (TPSA) is 50.8 Å². The molecule has 6 heteroatoms. The largest absolute Gasteiger partial charge is 0.496 e. The van der Waals surface area contributed by atoms with Crippen molar-refractivity contribution in [3.63, 3.8) is 0 Å². The zero-order valence-electron chi connectivity index (χ0n) is 13.6. The van der Waals surface area contributed by atoms with Crippen molar-refractivity contribution in [1.82, 2.24) is 5.32 Å². The van der Waals surface area contributed by atoms with Gasteiger partial charge in [-0.25, -0.2) is 0 Å². The van der Waals surface area contributed by atoms with Crippen LogP contribution in [0.2, 0.25) is 0 Å². The van der Waals surface area contributed by atoms with Crippen LogP contribution < -0.4 is 19.7 Å². The summed E-state index contributed by atoms with van der Waals surface area (Å²) >= 11 is 3.52. The third-order valence-electron chi connectivity index (χ3n) is 3.99. The lowest BCUT2D eigenvalue weighted by Crippen LogP contribution is -2.47. The number of carbonyl (C=O) groups excluding carboxylic acids is 1. The Labute approximate surface area is 149 Å². The van der Waals surface area contributed by atoms with Gasteiger partial charge in [-0.1, -0.05) is 18.2 Å². The smallest absolute Gasteiger partial charge is 0.262 e. The molecular weight excluding hydrogens is 372 g/mol. The van der Waals surface area contributed by atoms with Crippen LogP contribution in [0.3, 0.4) is 0 Å². The summed E-state index contributed by atoms with van der Waals surface area (Å²) in [5, 5.41) is 2.66. The van der Waals surface area contributed by atoms with Gasteiger partial charge in [0.05, 0.1) is 23.8 Å². The number of hydrogen-bond acceptors (Lipinski definition) is 4. The van der Waals surface area contributed by atoms with Crippen LogP contribution in [0.15, 0.2) is 46.9 Å². The summed E-state index contributed by atoms with van der Waals surface area (Å²) in [4.78, 5) is 14.2. The summed E-state index contributed by atoms with van der Waals surface area (Å²) in [6.07, 6.45) is -0.522. The van der Waals surface area contributed by atoms with Gasteiger partial charge in [0, 0.05) is 13.6 Å². The lowest BCUT2D eigenvalue weighted by Gasteiger charge is -2.35. The Bertz CT molecular complexity index is 751. The van der Waals surface area contributed by atoms with Crippen LogP contribution >= 0.6 is 15.9 Å². The predicted octanol–water partition coefficient (Wildman–Crippen LogP) is 2.97. The number of nitrogens with one attached hydrogen (secondary N) is 1. The SMILES string of the molecule is CNC(=O)[C@H]1CN(Cc2ccc(OC)c(Br)c2)c2ccccc2O1. The number of likely N-dealkylation sites (N-methyl/N-ethyl adjacent to an activating group) is 1.